The summed E-state index contributed by atoms with van der Waals surface area (Å²) < 4.78 is 0. The maximum atomic E-state index is 11.8. The van der Waals surface area contributed by atoms with Gasteiger partial charge in [-0.25, -0.2) is 0 Å². The molecule has 1 saturated carbocycles. The van der Waals surface area contributed by atoms with Gasteiger partial charge in [0.2, 0.25) is 5.91 Å². The molecule has 0 aromatic heterocycles. The highest BCUT2D eigenvalue weighted by molar-refractivity contribution is 5.85. The molecule has 0 radical (unpaired) electrons. The number of hydrogen-bond acceptors (Lipinski definition) is 4. The van der Waals surface area contributed by atoms with E-state index in [0.717, 1.165) is 45.4 Å². The number of hydrogen-bond donors (Lipinski definition) is 2. The lowest BCUT2D eigenvalue weighted by molar-refractivity contribution is -0.124. The molecule has 0 aromatic carbocycles. The molecule has 5 nitrogen and oxygen atoms in total. The van der Waals surface area contributed by atoms with Crippen molar-refractivity contribution in [3.05, 3.63) is 0 Å². The molecule has 0 bridgehead atoms. The van der Waals surface area contributed by atoms with Gasteiger partial charge in [-0.05, 0) is 39.8 Å². The quantitative estimate of drug-likeness (QED) is 0.754. The molecule has 3 unspecified atom stereocenters. The van der Waals surface area contributed by atoms with Crippen molar-refractivity contribution >= 4 is 5.91 Å². The van der Waals surface area contributed by atoms with Gasteiger partial charge in [0, 0.05) is 31.7 Å². The fraction of sp³-hybridized carbons (Fsp3) is 0.929. The topological polar surface area (TPSA) is 61.6 Å². The third kappa shape index (κ3) is 2.93. The molecule has 2 fully saturated rings. The summed E-state index contributed by atoms with van der Waals surface area (Å²) in [5.74, 6) is -0.181. The Morgan fingerprint density at radius 3 is 2.79 bits per heavy atom. The monoisotopic (exact) mass is 268 g/mol. The molecule has 1 amide bonds. The zero-order valence-corrected chi connectivity index (χ0v) is 12.5. The van der Waals surface area contributed by atoms with E-state index in [2.05, 4.69) is 29.1 Å². The minimum Gasteiger partial charge on any atom is -0.368 e. The zero-order chi connectivity index (χ0) is 14.0. The van der Waals surface area contributed by atoms with Crippen molar-refractivity contribution in [3.63, 3.8) is 0 Å². The van der Waals surface area contributed by atoms with Crippen molar-refractivity contribution in [2.45, 2.75) is 50.7 Å². The smallest absolute Gasteiger partial charge is 0.237 e. The predicted octanol–water partition coefficient (Wildman–Crippen LogP) is 0.00840. The van der Waals surface area contributed by atoms with E-state index in [1.54, 1.807) is 0 Å². The van der Waals surface area contributed by atoms with Gasteiger partial charge in [-0.15, -0.1) is 0 Å². The van der Waals surface area contributed by atoms with Crippen molar-refractivity contribution in [2.24, 2.45) is 5.73 Å². The molecule has 3 N–H and O–H groups in total. The molecule has 1 aliphatic carbocycles. The maximum Gasteiger partial charge on any atom is 0.237 e. The van der Waals surface area contributed by atoms with Crippen molar-refractivity contribution in [2.75, 3.05) is 33.2 Å². The molecule has 1 heterocycles. The highest BCUT2D eigenvalue weighted by Gasteiger charge is 2.45. The summed E-state index contributed by atoms with van der Waals surface area (Å²) in [4.78, 5) is 16.7. The van der Waals surface area contributed by atoms with E-state index in [1.165, 1.54) is 0 Å². The van der Waals surface area contributed by atoms with Crippen molar-refractivity contribution in [1.82, 2.24) is 15.1 Å². The van der Waals surface area contributed by atoms with Crippen LogP contribution in [0.25, 0.3) is 0 Å². The number of nitrogens with two attached hydrogens (primary N) is 1. The summed E-state index contributed by atoms with van der Waals surface area (Å²) in [5.41, 5.74) is 5.17. The number of carbonyl (C=O) groups is 1. The molecule has 3 atom stereocenters. The van der Waals surface area contributed by atoms with Gasteiger partial charge in [-0.1, -0.05) is 6.92 Å². The standard InChI is InChI=1S/C14H28N4O/c1-4-16-14(13(15)19)6-5-12(9-14)18-8-7-17(3)11(2)10-18/h11-12,16H,4-10H2,1-3H3,(H2,15,19). The van der Waals surface area contributed by atoms with Crippen molar-refractivity contribution < 1.29 is 4.79 Å². The SMILES string of the molecule is CCNC1(C(N)=O)CCC(N2CCN(C)C(C)C2)C1. The molecule has 2 rings (SSSR count). The summed E-state index contributed by atoms with van der Waals surface area (Å²) in [5, 5.41) is 3.33. The summed E-state index contributed by atoms with van der Waals surface area (Å²) >= 11 is 0. The van der Waals surface area contributed by atoms with Crippen LogP contribution in [0.4, 0.5) is 0 Å². The number of nitrogens with zero attached hydrogens (tertiary/aromatic N) is 2. The van der Waals surface area contributed by atoms with Crippen LogP contribution >= 0.6 is 0 Å². The Morgan fingerprint density at radius 1 is 1.47 bits per heavy atom. The van der Waals surface area contributed by atoms with Crippen LogP contribution in [-0.4, -0.2) is 66.6 Å². The van der Waals surface area contributed by atoms with E-state index < -0.39 is 5.54 Å². The van der Waals surface area contributed by atoms with Crippen LogP contribution in [0.3, 0.4) is 0 Å². The van der Waals surface area contributed by atoms with E-state index in [9.17, 15) is 4.79 Å². The maximum absolute atomic E-state index is 11.8. The lowest BCUT2D eigenvalue weighted by Crippen LogP contribution is -2.56. The van der Waals surface area contributed by atoms with Crippen LogP contribution < -0.4 is 11.1 Å². The minimum atomic E-state index is -0.466. The fourth-order valence-electron chi connectivity index (χ4n) is 3.55. The normalized spacial score (nSPS) is 37.6. The van der Waals surface area contributed by atoms with E-state index in [0.29, 0.717) is 12.1 Å². The molecule has 110 valence electrons. The number of amides is 1. The average molecular weight is 268 g/mol. The Balaban J connectivity index is 1.99. The lowest BCUT2D eigenvalue weighted by Gasteiger charge is -2.41. The summed E-state index contributed by atoms with van der Waals surface area (Å²) in [6, 6.07) is 1.10. The van der Waals surface area contributed by atoms with Gasteiger partial charge in [-0.2, -0.15) is 0 Å². The molecule has 0 aromatic rings. The number of rotatable bonds is 4. The van der Waals surface area contributed by atoms with Crippen molar-refractivity contribution in [3.8, 4) is 0 Å². The third-order valence-corrected chi connectivity index (χ3v) is 4.98. The van der Waals surface area contributed by atoms with Gasteiger partial charge in [0.05, 0.1) is 5.54 Å². The first-order valence-corrected chi connectivity index (χ1v) is 7.47. The van der Waals surface area contributed by atoms with Crippen LogP contribution in [0.15, 0.2) is 0 Å². The summed E-state index contributed by atoms with van der Waals surface area (Å²) in [6.07, 6.45) is 2.82. The third-order valence-electron chi connectivity index (χ3n) is 4.98. The lowest BCUT2D eigenvalue weighted by atomic mass is 9.96. The van der Waals surface area contributed by atoms with E-state index >= 15 is 0 Å². The zero-order valence-electron chi connectivity index (χ0n) is 12.5. The van der Waals surface area contributed by atoms with Crippen LogP contribution in [-0.2, 0) is 4.79 Å². The average Bonchev–Trinajstić information content (AvgIpc) is 2.79. The van der Waals surface area contributed by atoms with Crippen molar-refractivity contribution in [1.29, 1.82) is 0 Å². The molecule has 19 heavy (non-hydrogen) atoms. The van der Waals surface area contributed by atoms with Gasteiger partial charge in [0.15, 0.2) is 0 Å². The Morgan fingerprint density at radius 2 is 2.21 bits per heavy atom. The number of nitrogens with one attached hydrogen (secondary N) is 1. The Bertz CT molecular complexity index is 335. The highest BCUT2D eigenvalue weighted by atomic mass is 16.1. The van der Waals surface area contributed by atoms with Crippen LogP contribution in [0, 0.1) is 0 Å². The second-order valence-corrected chi connectivity index (χ2v) is 6.20. The van der Waals surface area contributed by atoms with Gasteiger partial charge >= 0.3 is 0 Å². The minimum absolute atomic E-state index is 0.181. The van der Waals surface area contributed by atoms with Gasteiger partial charge in [0.1, 0.15) is 0 Å². The highest BCUT2D eigenvalue weighted by Crippen LogP contribution is 2.33. The number of piperazine rings is 1. The second kappa shape index (κ2) is 5.77. The van der Waals surface area contributed by atoms with Crippen LogP contribution in [0.5, 0.6) is 0 Å². The first-order chi connectivity index (χ1) is 8.98. The number of primary amides is 1. The molecule has 1 aliphatic heterocycles. The predicted molar refractivity (Wildman–Crippen MR) is 76.9 cm³/mol. The first kappa shape index (κ1) is 14.8. The Labute approximate surface area is 116 Å². The fourth-order valence-corrected chi connectivity index (χ4v) is 3.55. The molecule has 0 spiro atoms. The van der Waals surface area contributed by atoms with Crippen LogP contribution in [0.1, 0.15) is 33.1 Å². The second-order valence-electron chi connectivity index (χ2n) is 6.20. The van der Waals surface area contributed by atoms with Gasteiger partial charge in [0.25, 0.3) is 0 Å². The first-order valence-electron chi connectivity index (χ1n) is 7.47. The Kier molecular flexibility index (Phi) is 4.48. The van der Waals surface area contributed by atoms with E-state index in [4.69, 9.17) is 5.73 Å². The van der Waals surface area contributed by atoms with E-state index in [1.807, 2.05) is 6.92 Å². The van der Waals surface area contributed by atoms with E-state index in [-0.39, 0.29) is 5.91 Å². The molecular formula is C14H28N4O. The summed E-state index contributed by atoms with van der Waals surface area (Å²) in [7, 11) is 2.18. The Hall–Kier alpha value is -0.650. The largest absolute Gasteiger partial charge is 0.368 e. The number of likely N-dealkylation sites (N-methyl/N-ethyl adjacent to an activating group) is 2. The van der Waals surface area contributed by atoms with Gasteiger partial charge in [-0.3, -0.25) is 9.69 Å². The van der Waals surface area contributed by atoms with Crippen LogP contribution in [0.2, 0.25) is 0 Å². The molecule has 5 heteroatoms. The summed E-state index contributed by atoms with van der Waals surface area (Å²) in [6.45, 7) is 8.43. The molecular weight excluding hydrogens is 240 g/mol. The number of carbonyl (C=O) groups excluding carboxylic acids is 1. The molecule has 1 saturated heterocycles. The van der Waals surface area contributed by atoms with Gasteiger partial charge < -0.3 is 16.0 Å². The molecule has 2 aliphatic rings.